The highest BCUT2D eigenvalue weighted by Gasteiger charge is 2.09. The van der Waals surface area contributed by atoms with E-state index in [2.05, 4.69) is 34.5 Å². The molecule has 0 unspecified atom stereocenters. The first kappa shape index (κ1) is 22.6. The zero-order chi connectivity index (χ0) is 17.1. The Labute approximate surface area is 162 Å². The molecule has 0 aromatic carbocycles. The quantitative estimate of drug-likeness (QED) is 0.363. The van der Waals surface area contributed by atoms with Crippen molar-refractivity contribution in [3.8, 4) is 0 Å². The van der Waals surface area contributed by atoms with Gasteiger partial charge in [0, 0.05) is 45.5 Å². The minimum atomic E-state index is 0. The lowest BCUT2D eigenvalue weighted by Crippen LogP contribution is -2.44. The summed E-state index contributed by atoms with van der Waals surface area (Å²) in [6.45, 7) is 6.09. The fourth-order valence-electron chi connectivity index (χ4n) is 1.95. The maximum absolute atomic E-state index is 12.1. The van der Waals surface area contributed by atoms with E-state index < -0.39 is 0 Å². The average Bonchev–Trinajstić information content (AvgIpc) is 2.56. The van der Waals surface area contributed by atoms with Gasteiger partial charge in [-0.1, -0.05) is 19.9 Å². The minimum Gasteiger partial charge on any atom is -0.356 e. The fraction of sp³-hybridized carbons (Fsp3) is 0.588. The van der Waals surface area contributed by atoms with Crippen LogP contribution in [0.15, 0.2) is 29.4 Å². The molecule has 1 heterocycles. The number of carbonyl (C=O) groups excluding carboxylic acids is 1. The van der Waals surface area contributed by atoms with Gasteiger partial charge in [0.2, 0.25) is 5.91 Å². The lowest BCUT2D eigenvalue weighted by atomic mass is 10.1. The van der Waals surface area contributed by atoms with E-state index in [1.807, 2.05) is 25.2 Å². The third-order valence-corrected chi connectivity index (χ3v) is 3.50. The Hall–Kier alpha value is -1.38. The number of rotatable bonds is 8. The van der Waals surface area contributed by atoms with E-state index in [0.29, 0.717) is 18.4 Å². The largest absolute Gasteiger partial charge is 0.356 e. The Morgan fingerprint density at radius 3 is 2.67 bits per heavy atom. The summed E-state index contributed by atoms with van der Waals surface area (Å²) in [4.78, 5) is 22.2. The highest BCUT2D eigenvalue weighted by molar-refractivity contribution is 14.0. The van der Waals surface area contributed by atoms with Crippen molar-refractivity contribution in [3.63, 3.8) is 0 Å². The topological polar surface area (TPSA) is 69.6 Å². The summed E-state index contributed by atoms with van der Waals surface area (Å²) in [5.41, 5.74) is 0.992. The number of likely N-dealkylation sites (N-methyl/N-ethyl adjacent to an activating group) is 1. The Morgan fingerprint density at radius 2 is 2.08 bits per heavy atom. The predicted octanol–water partition coefficient (Wildman–Crippen LogP) is 1.91. The second kappa shape index (κ2) is 13.0. The highest BCUT2D eigenvalue weighted by atomic mass is 127. The summed E-state index contributed by atoms with van der Waals surface area (Å²) in [6, 6.07) is 5.82. The van der Waals surface area contributed by atoms with Crippen molar-refractivity contribution < 1.29 is 4.79 Å². The number of pyridine rings is 1. The van der Waals surface area contributed by atoms with Crippen molar-refractivity contribution in [1.29, 1.82) is 0 Å². The van der Waals surface area contributed by atoms with Crippen molar-refractivity contribution >= 4 is 35.8 Å². The molecule has 0 radical (unpaired) electrons. The molecule has 0 spiro atoms. The SMILES string of the molecule is CN=C(NCCC(C)C)NCC(=O)N(C)CCc1ccccn1.I. The molecule has 0 fully saturated rings. The van der Waals surface area contributed by atoms with Crippen molar-refractivity contribution in [3.05, 3.63) is 30.1 Å². The van der Waals surface area contributed by atoms with Gasteiger partial charge in [0.1, 0.15) is 0 Å². The lowest BCUT2D eigenvalue weighted by Gasteiger charge is -2.18. The molecule has 0 saturated carbocycles. The molecule has 2 N–H and O–H groups in total. The number of nitrogens with one attached hydrogen (secondary N) is 2. The van der Waals surface area contributed by atoms with Crippen LogP contribution in [0, 0.1) is 5.92 Å². The summed E-state index contributed by atoms with van der Waals surface area (Å²) in [7, 11) is 3.52. The second-order valence-corrected chi connectivity index (χ2v) is 5.92. The number of carbonyl (C=O) groups is 1. The third kappa shape index (κ3) is 9.69. The zero-order valence-corrected chi connectivity index (χ0v) is 17.4. The van der Waals surface area contributed by atoms with E-state index in [1.54, 1.807) is 18.1 Å². The van der Waals surface area contributed by atoms with E-state index in [1.165, 1.54) is 0 Å². The summed E-state index contributed by atoms with van der Waals surface area (Å²) in [6.07, 6.45) is 3.59. The minimum absolute atomic E-state index is 0. The normalized spacial score (nSPS) is 11.0. The first-order valence-electron chi connectivity index (χ1n) is 8.11. The van der Waals surface area contributed by atoms with Crippen LogP contribution in [0.25, 0.3) is 0 Å². The van der Waals surface area contributed by atoms with Crippen molar-refractivity contribution in [2.24, 2.45) is 10.9 Å². The van der Waals surface area contributed by atoms with E-state index in [9.17, 15) is 4.79 Å². The van der Waals surface area contributed by atoms with Gasteiger partial charge < -0.3 is 15.5 Å². The van der Waals surface area contributed by atoms with Gasteiger partial charge in [-0.05, 0) is 24.5 Å². The van der Waals surface area contributed by atoms with E-state index in [4.69, 9.17) is 0 Å². The Balaban J connectivity index is 0.00000529. The van der Waals surface area contributed by atoms with Crippen LogP contribution >= 0.6 is 24.0 Å². The molecule has 24 heavy (non-hydrogen) atoms. The Morgan fingerprint density at radius 1 is 1.33 bits per heavy atom. The van der Waals surface area contributed by atoms with Crippen LogP contribution in [0.5, 0.6) is 0 Å². The number of guanidine groups is 1. The van der Waals surface area contributed by atoms with Gasteiger partial charge in [-0.25, -0.2) is 0 Å². The monoisotopic (exact) mass is 447 g/mol. The predicted molar refractivity (Wildman–Crippen MR) is 110 cm³/mol. The van der Waals surface area contributed by atoms with Crippen LogP contribution in [0.3, 0.4) is 0 Å². The molecule has 1 aromatic heterocycles. The smallest absolute Gasteiger partial charge is 0.241 e. The van der Waals surface area contributed by atoms with Crippen LogP contribution in [0.2, 0.25) is 0 Å². The standard InChI is InChI=1S/C17H29N5O.HI/c1-14(2)8-11-20-17(18-3)21-13-16(23)22(4)12-9-15-7-5-6-10-19-15;/h5-7,10,14H,8-9,11-13H2,1-4H3,(H2,18,20,21);1H. The van der Waals surface area contributed by atoms with Crippen LogP contribution in [0.4, 0.5) is 0 Å². The van der Waals surface area contributed by atoms with Gasteiger partial charge in [0.25, 0.3) is 0 Å². The molecular weight excluding hydrogens is 417 g/mol. The van der Waals surface area contributed by atoms with Gasteiger partial charge in [0.05, 0.1) is 6.54 Å². The first-order valence-corrected chi connectivity index (χ1v) is 8.11. The molecule has 0 aliphatic heterocycles. The van der Waals surface area contributed by atoms with Gasteiger partial charge in [-0.3, -0.25) is 14.8 Å². The maximum Gasteiger partial charge on any atom is 0.241 e. The maximum atomic E-state index is 12.1. The second-order valence-electron chi connectivity index (χ2n) is 5.92. The van der Waals surface area contributed by atoms with Crippen LogP contribution < -0.4 is 10.6 Å². The fourth-order valence-corrected chi connectivity index (χ4v) is 1.95. The van der Waals surface area contributed by atoms with Crippen LogP contribution in [0.1, 0.15) is 26.0 Å². The number of amides is 1. The average molecular weight is 447 g/mol. The molecule has 1 rings (SSSR count). The highest BCUT2D eigenvalue weighted by Crippen LogP contribution is 1.97. The number of aromatic nitrogens is 1. The molecule has 136 valence electrons. The van der Waals surface area contributed by atoms with E-state index >= 15 is 0 Å². The molecule has 6 nitrogen and oxygen atoms in total. The zero-order valence-electron chi connectivity index (χ0n) is 15.1. The molecule has 0 bridgehead atoms. The number of nitrogens with zero attached hydrogens (tertiary/aromatic N) is 3. The molecular formula is C17H30IN5O. The summed E-state index contributed by atoms with van der Waals surface area (Å²) in [5.74, 6) is 1.34. The molecule has 0 saturated heterocycles. The number of halogens is 1. The van der Waals surface area contributed by atoms with Crippen molar-refractivity contribution in [1.82, 2.24) is 20.5 Å². The molecule has 0 aliphatic rings. The molecule has 0 atom stereocenters. The number of aliphatic imine (C=N–C) groups is 1. The van der Waals surface area contributed by atoms with Gasteiger partial charge in [0.15, 0.2) is 5.96 Å². The lowest BCUT2D eigenvalue weighted by molar-refractivity contribution is -0.128. The van der Waals surface area contributed by atoms with Gasteiger partial charge >= 0.3 is 0 Å². The first-order chi connectivity index (χ1) is 11.0. The Bertz CT molecular complexity index is 493. The van der Waals surface area contributed by atoms with Crippen molar-refractivity contribution in [2.75, 3.05) is 33.7 Å². The van der Waals surface area contributed by atoms with Gasteiger partial charge in [-0.15, -0.1) is 24.0 Å². The molecule has 7 heteroatoms. The molecule has 1 amide bonds. The Kier molecular flexibility index (Phi) is 12.2. The number of hydrogen-bond donors (Lipinski definition) is 2. The molecule has 0 aliphatic carbocycles. The van der Waals surface area contributed by atoms with Gasteiger partial charge in [-0.2, -0.15) is 0 Å². The third-order valence-electron chi connectivity index (χ3n) is 3.50. The van der Waals surface area contributed by atoms with E-state index in [-0.39, 0.29) is 36.4 Å². The van der Waals surface area contributed by atoms with Crippen LogP contribution in [-0.2, 0) is 11.2 Å². The number of hydrogen-bond acceptors (Lipinski definition) is 3. The van der Waals surface area contributed by atoms with E-state index in [0.717, 1.165) is 25.1 Å². The van der Waals surface area contributed by atoms with Crippen molar-refractivity contribution in [2.45, 2.75) is 26.7 Å². The summed E-state index contributed by atoms with van der Waals surface area (Å²) >= 11 is 0. The summed E-state index contributed by atoms with van der Waals surface area (Å²) < 4.78 is 0. The molecule has 1 aromatic rings. The summed E-state index contributed by atoms with van der Waals surface area (Å²) in [5, 5.41) is 6.27. The van der Waals surface area contributed by atoms with Crippen LogP contribution in [-0.4, -0.2) is 55.5 Å².